The van der Waals surface area contributed by atoms with Gasteiger partial charge >= 0.3 is 0 Å². The number of ether oxygens (including phenoxy) is 2. The van der Waals surface area contributed by atoms with E-state index >= 15 is 0 Å². The Morgan fingerprint density at radius 2 is 2.00 bits per heavy atom. The summed E-state index contributed by atoms with van der Waals surface area (Å²) in [6.45, 7) is 4.87. The highest BCUT2D eigenvalue weighted by atomic mass is 16.6. The van der Waals surface area contributed by atoms with Crippen molar-refractivity contribution in [3.8, 4) is 0 Å². The quantitative estimate of drug-likeness (QED) is 0.701. The summed E-state index contributed by atoms with van der Waals surface area (Å²) in [6.07, 6.45) is 1.65. The first-order chi connectivity index (χ1) is 11.3. The number of nitrogens with zero attached hydrogens (tertiary/aromatic N) is 1. The molecule has 0 saturated carbocycles. The van der Waals surface area contributed by atoms with Crippen LogP contribution in [0.2, 0.25) is 0 Å². The molecular formula is C17H27NO6. The average molecular weight is 341 g/mol. The van der Waals surface area contributed by atoms with Crippen LogP contribution in [0, 0.1) is 17.8 Å². The lowest BCUT2D eigenvalue weighted by Gasteiger charge is -2.42. The zero-order valence-electron chi connectivity index (χ0n) is 14.3. The molecule has 0 aliphatic carbocycles. The van der Waals surface area contributed by atoms with Gasteiger partial charge in [0.1, 0.15) is 0 Å². The SMILES string of the molecule is CC1COC(O)C2C[C@@H]1CCN2C(=O)C(=O)C1(O)OCCCC1C. The lowest BCUT2D eigenvalue weighted by atomic mass is 9.82. The summed E-state index contributed by atoms with van der Waals surface area (Å²) in [5, 5.41) is 20.8. The minimum absolute atomic E-state index is 0.259. The van der Waals surface area contributed by atoms with Crippen molar-refractivity contribution in [3.05, 3.63) is 0 Å². The van der Waals surface area contributed by atoms with Gasteiger partial charge in [-0.15, -0.1) is 0 Å². The zero-order valence-corrected chi connectivity index (χ0v) is 14.3. The summed E-state index contributed by atoms with van der Waals surface area (Å²) in [5.74, 6) is -3.54. The highest BCUT2D eigenvalue weighted by Gasteiger charge is 2.51. The number of carbonyl (C=O) groups is 2. The van der Waals surface area contributed by atoms with Gasteiger partial charge in [0.2, 0.25) is 5.79 Å². The second kappa shape index (κ2) is 6.71. The van der Waals surface area contributed by atoms with Gasteiger partial charge in [0.15, 0.2) is 6.29 Å². The van der Waals surface area contributed by atoms with Crippen LogP contribution in [0.25, 0.3) is 0 Å². The smallest absolute Gasteiger partial charge is 0.296 e. The van der Waals surface area contributed by atoms with Gasteiger partial charge in [-0.05, 0) is 37.5 Å². The van der Waals surface area contributed by atoms with E-state index in [-0.39, 0.29) is 6.61 Å². The average Bonchev–Trinajstić information content (AvgIpc) is 2.69. The molecule has 3 aliphatic rings. The molecule has 0 aromatic heterocycles. The van der Waals surface area contributed by atoms with Crippen LogP contribution in [0.5, 0.6) is 0 Å². The molecule has 0 radical (unpaired) electrons. The fourth-order valence-electron chi connectivity index (χ4n) is 4.09. The maximum absolute atomic E-state index is 12.8. The van der Waals surface area contributed by atoms with Crippen LogP contribution in [0.15, 0.2) is 0 Å². The topological polar surface area (TPSA) is 96.3 Å². The second-order valence-corrected chi connectivity index (χ2v) is 7.47. The van der Waals surface area contributed by atoms with Crippen molar-refractivity contribution in [1.29, 1.82) is 0 Å². The van der Waals surface area contributed by atoms with Crippen LogP contribution in [-0.4, -0.2) is 64.7 Å². The molecule has 0 aromatic carbocycles. The van der Waals surface area contributed by atoms with Crippen molar-refractivity contribution < 1.29 is 29.3 Å². The number of aliphatic hydroxyl groups excluding tert-OH is 1. The highest BCUT2D eigenvalue weighted by Crippen LogP contribution is 2.36. The van der Waals surface area contributed by atoms with E-state index in [1.807, 2.05) is 0 Å². The molecule has 3 aliphatic heterocycles. The van der Waals surface area contributed by atoms with Gasteiger partial charge in [-0.2, -0.15) is 0 Å². The summed E-state index contributed by atoms with van der Waals surface area (Å²) in [7, 11) is 0. The summed E-state index contributed by atoms with van der Waals surface area (Å²) in [4.78, 5) is 26.8. The molecule has 2 bridgehead atoms. The Balaban J connectivity index is 1.78. The normalized spacial score (nSPS) is 43.2. The minimum Gasteiger partial charge on any atom is -0.366 e. The molecule has 1 amide bonds. The summed E-state index contributed by atoms with van der Waals surface area (Å²) in [6, 6.07) is -0.548. The molecular weight excluding hydrogens is 314 g/mol. The van der Waals surface area contributed by atoms with Crippen molar-refractivity contribution in [2.75, 3.05) is 19.8 Å². The molecule has 3 rings (SSSR count). The van der Waals surface area contributed by atoms with Crippen molar-refractivity contribution in [3.63, 3.8) is 0 Å². The summed E-state index contributed by atoms with van der Waals surface area (Å²) >= 11 is 0. The molecule has 5 unspecified atom stereocenters. The maximum Gasteiger partial charge on any atom is 0.296 e. The van der Waals surface area contributed by atoms with Crippen LogP contribution >= 0.6 is 0 Å². The molecule has 2 N–H and O–H groups in total. The number of rotatable bonds is 2. The fourth-order valence-corrected chi connectivity index (χ4v) is 4.09. The first-order valence-corrected chi connectivity index (χ1v) is 8.86. The molecule has 0 spiro atoms. The van der Waals surface area contributed by atoms with E-state index in [9.17, 15) is 19.8 Å². The molecule has 0 aromatic rings. The molecule has 3 heterocycles. The van der Waals surface area contributed by atoms with E-state index in [4.69, 9.17) is 9.47 Å². The number of Topliss-reactive ketones (excluding diaryl/α,β-unsaturated/α-hetero) is 1. The van der Waals surface area contributed by atoms with Crippen molar-refractivity contribution in [2.24, 2.45) is 17.8 Å². The molecule has 7 nitrogen and oxygen atoms in total. The van der Waals surface area contributed by atoms with Gasteiger partial charge in [-0.25, -0.2) is 0 Å². The monoisotopic (exact) mass is 341 g/mol. The number of likely N-dealkylation sites (tertiary alicyclic amines) is 1. The molecule has 6 atom stereocenters. The Bertz CT molecular complexity index is 511. The Kier molecular flexibility index (Phi) is 4.97. The van der Waals surface area contributed by atoms with Gasteiger partial charge < -0.3 is 24.6 Å². The lowest BCUT2D eigenvalue weighted by Crippen LogP contribution is -2.60. The first kappa shape index (κ1) is 17.8. The number of hydrogen-bond donors (Lipinski definition) is 2. The number of carbonyl (C=O) groups excluding carboxylic acids is 2. The van der Waals surface area contributed by atoms with Crippen molar-refractivity contribution in [1.82, 2.24) is 4.90 Å². The number of aliphatic hydroxyl groups is 2. The van der Waals surface area contributed by atoms with Crippen LogP contribution in [0.4, 0.5) is 0 Å². The predicted octanol–water partition coefficient (Wildman–Crippen LogP) is 0.282. The zero-order chi connectivity index (χ0) is 17.5. The van der Waals surface area contributed by atoms with E-state index in [2.05, 4.69) is 6.92 Å². The summed E-state index contributed by atoms with van der Waals surface area (Å²) < 4.78 is 10.7. The third kappa shape index (κ3) is 2.98. The maximum atomic E-state index is 12.8. The molecule has 24 heavy (non-hydrogen) atoms. The summed E-state index contributed by atoms with van der Waals surface area (Å²) in [5.41, 5.74) is 0. The van der Waals surface area contributed by atoms with Gasteiger partial charge in [0.05, 0.1) is 19.3 Å². The fraction of sp³-hybridized carbons (Fsp3) is 0.882. The third-order valence-corrected chi connectivity index (χ3v) is 5.90. The van der Waals surface area contributed by atoms with Crippen LogP contribution < -0.4 is 0 Å². The van der Waals surface area contributed by atoms with E-state index in [0.717, 1.165) is 12.8 Å². The Labute approximate surface area is 141 Å². The van der Waals surface area contributed by atoms with Crippen LogP contribution in [0.3, 0.4) is 0 Å². The van der Waals surface area contributed by atoms with Crippen LogP contribution in [-0.2, 0) is 19.1 Å². The molecule has 3 saturated heterocycles. The standard InChI is InChI=1S/C17H27NO6/c1-10-9-23-16(21)13-8-12(10)5-6-18(13)15(20)14(19)17(22)11(2)4-3-7-24-17/h10-13,16,21-22H,3-9H2,1-2H3/t10?,11?,12-,13?,16?,17?/m0/s1. The van der Waals surface area contributed by atoms with Crippen LogP contribution in [0.1, 0.15) is 39.5 Å². The predicted molar refractivity (Wildman–Crippen MR) is 83.7 cm³/mol. The number of piperidine rings is 1. The third-order valence-electron chi connectivity index (χ3n) is 5.90. The number of hydrogen-bond acceptors (Lipinski definition) is 6. The molecule has 136 valence electrons. The van der Waals surface area contributed by atoms with E-state index in [0.29, 0.717) is 37.8 Å². The van der Waals surface area contributed by atoms with E-state index < -0.39 is 35.7 Å². The molecule has 3 fully saturated rings. The van der Waals surface area contributed by atoms with Gasteiger partial charge in [0.25, 0.3) is 11.7 Å². The Morgan fingerprint density at radius 1 is 1.25 bits per heavy atom. The van der Waals surface area contributed by atoms with Crippen molar-refractivity contribution >= 4 is 11.7 Å². The first-order valence-electron chi connectivity index (χ1n) is 8.86. The van der Waals surface area contributed by atoms with Gasteiger partial charge in [0, 0.05) is 12.5 Å². The van der Waals surface area contributed by atoms with E-state index in [1.165, 1.54) is 4.90 Å². The second-order valence-electron chi connectivity index (χ2n) is 7.47. The Hall–Kier alpha value is -1.02. The Morgan fingerprint density at radius 3 is 2.71 bits per heavy atom. The molecule has 7 heteroatoms. The van der Waals surface area contributed by atoms with Crippen molar-refractivity contribution in [2.45, 2.75) is 57.6 Å². The van der Waals surface area contributed by atoms with E-state index in [1.54, 1.807) is 6.92 Å². The minimum atomic E-state index is -2.06. The number of amides is 1. The number of fused-ring (bicyclic) bond motifs is 2. The van der Waals surface area contributed by atoms with Gasteiger partial charge in [-0.1, -0.05) is 13.8 Å². The highest BCUT2D eigenvalue weighted by molar-refractivity contribution is 6.38. The van der Waals surface area contributed by atoms with Gasteiger partial charge in [-0.3, -0.25) is 9.59 Å². The lowest BCUT2D eigenvalue weighted by molar-refractivity contribution is -0.241. The number of ketones is 1. The largest absolute Gasteiger partial charge is 0.366 e.